The van der Waals surface area contributed by atoms with Gasteiger partial charge >= 0.3 is 0 Å². The van der Waals surface area contributed by atoms with E-state index >= 15 is 0 Å². The number of aromatic amines is 1. The van der Waals surface area contributed by atoms with Crippen molar-refractivity contribution < 1.29 is 9.90 Å². The highest BCUT2D eigenvalue weighted by molar-refractivity contribution is 7.73. The average Bonchev–Trinajstić information content (AvgIpc) is 3.13. The SMILES string of the molecule is O=C1CCc2cc(Cc3sc(=S)[nH]c3O)ccc2N1Cc1ccc(-c2ccccc2)cc1. The van der Waals surface area contributed by atoms with Crippen molar-refractivity contribution in [3.63, 3.8) is 0 Å². The Bertz CT molecular complexity index is 1320. The van der Waals surface area contributed by atoms with Crippen LogP contribution in [-0.2, 0) is 24.2 Å². The van der Waals surface area contributed by atoms with E-state index in [4.69, 9.17) is 12.2 Å². The van der Waals surface area contributed by atoms with Crippen LogP contribution in [-0.4, -0.2) is 16.0 Å². The van der Waals surface area contributed by atoms with Crippen LogP contribution in [0.25, 0.3) is 11.1 Å². The third-order valence-electron chi connectivity index (χ3n) is 5.81. The van der Waals surface area contributed by atoms with Gasteiger partial charge in [-0.25, -0.2) is 0 Å². The van der Waals surface area contributed by atoms with Crippen molar-refractivity contribution in [3.8, 4) is 17.0 Å². The van der Waals surface area contributed by atoms with Crippen molar-refractivity contribution in [2.75, 3.05) is 4.90 Å². The van der Waals surface area contributed by atoms with Crippen LogP contribution < -0.4 is 4.90 Å². The predicted molar refractivity (Wildman–Crippen MR) is 132 cm³/mol. The lowest BCUT2D eigenvalue weighted by atomic mass is 9.96. The number of aromatic hydroxyl groups is 1. The van der Waals surface area contributed by atoms with Gasteiger partial charge in [-0.2, -0.15) is 0 Å². The molecule has 1 amide bonds. The monoisotopic (exact) mass is 458 g/mol. The Hall–Kier alpha value is -3.22. The fraction of sp³-hybridized carbons (Fsp3) is 0.154. The highest BCUT2D eigenvalue weighted by Crippen LogP contribution is 2.32. The van der Waals surface area contributed by atoms with Gasteiger partial charge in [0.25, 0.3) is 0 Å². The number of carbonyl (C=O) groups is 1. The Balaban J connectivity index is 1.37. The van der Waals surface area contributed by atoms with Crippen molar-refractivity contribution in [1.82, 2.24) is 4.98 Å². The lowest BCUT2D eigenvalue weighted by molar-refractivity contribution is -0.119. The molecule has 4 nitrogen and oxygen atoms in total. The van der Waals surface area contributed by atoms with Crippen LogP contribution in [0, 0.1) is 3.95 Å². The van der Waals surface area contributed by atoms with Gasteiger partial charge in [-0.3, -0.25) is 4.79 Å². The highest BCUT2D eigenvalue weighted by Gasteiger charge is 2.24. The zero-order chi connectivity index (χ0) is 22.1. The molecule has 3 aromatic carbocycles. The summed E-state index contributed by atoms with van der Waals surface area (Å²) in [5.41, 5.74) is 6.70. The molecule has 0 saturated carbocycles. The molecule has 1 aliphatic heterocycles. The minimum Gasteiger partial charge on any atom is -0.494 e. The minimum absolute atomic E-state index is 0.147. The van der Waals surface area contributed by atoms with E-state index in [-0.39, 0.29) is 11.8 Å². The molecule has 0 saturated heterocycles. The third-order valence-corrected chi connectivity index (χ3v) is 7.03. The quantitative estimate of drug-likeness (QED) is 0.348. The number of H-pyrrole nitrogens is 1. The van der Waals surface area contributed by atoms with E-state index in [9.17, 15) is 9.90 Å². The van der Waals surface area contributed by atoms with Crippen molar-refractivity contribution in [2.24, 2.45) is 0 Å². The highest BCUT2D eigenvalue weighted by atomic mass is 32.1. The molecule has 0 atom stereocenters. The topological polar surface area (TPSA) is 56.3 Å². The standard InChI is InChI=1S/C26H22N2O2S2/c29-24-13-11-21-14-18(15-23-25(30)27-26(31)32-23)8-12-22(21)28(24)16-17-6-9-20(10-7-17)19-4-2-1-3-5-19/h1-10,12,14,30H,11,13,15-16H2,(H,27,31). The van der Waals surface area contributed by atoms with Crippen LogP contribution in [0.15, 0.2) is 72.8 Å². The van der Waals surface area contributed by atoms with E-state index in [1.165, 1.54) is 28.0 Å². The number of anilines is 1. The van der Waals surface area contributed by atoms with Crippen LogP contribution >= 0.6 is 23.6 Å². The predicted octanol–water partition coefficient (Wildman–Crippen LogP) is 6.25. The van der Waals surface area contributed by atoms with E-state index in [1.54, 1.807) is 0 Å². The molecule has 4 aromatic rings. The summed E-state index contributed by atoms with van der Waals surface area (Å²) < 4.78 is 0.575. The fourth-order valence-corrected chi connectivity index (χ4v) is 5.33. The largest absolute Gasteiger partial charge is 0.494 e. The van der Waals surface area contributed by atoms with Gasteiger partial charge in [0.05, 0.1) is 11.4 Å². The lowest BCUT2D eigenvalue weighted by Gasteiger charge is -2.30. The maximum atomic E-state index is 12.8. The van der Waals surface area contributed by atoms with Crippen LogP contribution in [0.5, 0.6) is 5.88 Å². The summed E-state index contributed by atoms with van der Waals surface area (Å²) in [6.45, 7) is 0.556. The molecule has 0 unspecified atom stereocenters. The number of rotatable bonds is 5. The first-order chi connectivity index (χ1) is 15.6. The number of nitrogens with zero attached hydrogens (tertiary/aromatic N) is 1. The van der Waals surface area contributed by atoms with E-state index in [2.05, 4.69) is 47.4 Å². The summed E-state index contributed by atoms with van der Waals surface area (Å²) >= 11 is 6.51. The average molecular weight is 459 g/mol. The van der Waals surface area contributed by atoms with Crippen LogP contribution in [0.1, 0.15) is 28.0 Å². The Morgan fingerprint density at radius 3 is 2.38 bits per heavy atom. The molecule has 5 rings (SSSR count). The molecule has 2 N–H and O–H groups in total. The van der Waals surface area contributed by atoms with Gasteiger partial charge in [-0.05, 0) is 52.5 Å². The number of hydrogen-bond acceptors (Lipinski definition) is 4. The fourth-order valence-electron chi connectivity index (χ4n) is 4.17. The smallest absolute Gasteiger partial charge is 0.227 e. The maximum absolute atomic E-state index is 12.8. The van der Waals surface area contributed by atoms with E-state index in [1.807, 2.05) is 35.2 Å². The molecule has 0 radical (unpaired) electrons. The van der Waals surface area contributed by atoms with Gasteiger partial charge in [-0.15, -0.1) is 11.3 Å². The summed E-state index contributed by atoms with van der Waals surface area (Å²) in [5.74, 6) is 0.298. The van der Waals surface area contributed by atoms with E-state index in [0.29, 0.717) is 23.3 Å². The Morgan fingerprint density at radius 2 is 1.66 bits per heavy atom. The van der Waals surface area contributed by atoms with Crippen molar-refractivity contribution in [3.05, 3.63) is 98.3 Å². The zero-order valence-corrected chi connectivity index (χ0v) is 19.0. The number of carbonyl (C=O) groups excluding carboxylic acids is 1. The van der Waals surface area contributed by atoms with Gasteiger partial charge < -0.3 is 15.0 Å². The molecule has 2 heterocycles. The third kappa shape index (κ3) is 4.24. The van der Waals surface area contributed by atoms with Crippen LogP contribution in [0.3, 0.4) is 0 Å². The summed E-state index contributed by atoms with van der Waals surface area (Å²) in [6.07, 6.45) is 1.86. The minimum atomic E-state index is 0.147. The molecule has 1 aromatic heterocycles. The Labute approximate surface area is 195 Å². The molecule has 160 valence electrons. The summed E-state index contributed by atoms with van der Waals surface area (Å²) in [7, 11) is 0. The number of benzene rings is 3. The molecule has 0 bridgehead atoms. The summed E-state index contributed by atoms with van der Waals surface area (Å²) in [5, 5.41) is 10.00. The molecule has 0 fully saturated rings. The van der Waals surface area contributed by atoms with Crippen molar-refractivity contribution in [2.45, 2.75) is 25.8 Å². The lowest BCUT2D eigenvalue weighted by Crippen LogP contribution is -2.34. The molecule has 32 heavy (non-hydrogen) atoms. The molecular weight excluding hydrogens is 436 g/mol. The number of thiazole rings is 1. The molecule has 1 aliphatic rings. The first-order valence-corrected chi connectivity index (χ1v) is 11.8. The number of aryl methyl sites for hydroxylation is 1. The molecular formula is C26H22N2O2S2. The van der Waals surface area contributed by atoms with Gasteiger partial charge in [0, 0.05) is 18.5 Å². The van der Waals surface area contributed by atoms with E-state index in [0.717, 1.165) is 28.1 Å². The van der Waals surface area contributed by atoms with Crippen molar-refractivity contribution >= 4 is 35.1 Å². The van der Waals surface area contributed by atoms with Crippen LogP contribution in [0.4, 0.5) is 5.69 Å². The van der Waals surface area contributed by atoms with Gasteiger partial charge in [0.2, 0.25) is 11.8 Å². The normalized spacial score (nSPS) is 13.2. The van der Waals surface area contributed by atoms with Gasteiger partial charge in [0.15, 0.2) is 3.95 Å². The van der Waals surface area contributed by atoms with Gasteiger partial charge in [0.1, 0.15) is 0 Å². The second-order valence-electron chi connectivity index (χ2n) is 7.97. The number of amides is 1. The Morgan fingerprint density at radius 1 is 0.938 bits per heavy atom. The van der Waals surface area contributed by atoms with E-state index < -0.39 is 0 Å². The van der Waals surface area contributed by atoms with Crippen molar-refractivity contribution in [1.29, 1.82) is 0 Å². The molecule has 0 spiro atoms. The zero-order valence-electron chi connectivity index (χ0n) is 17.4. The second-order valence-corrected chi connectivity index (χ2v) is 9.74. The number of nitrogens with one attached hydrogen (secondary N) is 1. The summed E-state index contributed by atoms with van der Waals surface area (Å²) in [4.78, 5) is 18.3. The maximum Gasteiger partial charge on any atom is 0.227 e. The summed E-state index contributed by atoms with van der Waals surface area (Å²) in [6, 6.07) is 24.9. The molecule has 0 aliphatic carbocycles. The number of fused-ring (bicyclic) bond motifs is 1. The van der Waals surface area contributed by atoms with Crippen LogP contribution in [0.2, 0.25) is 0 Å². The first-order valence-electron chi connectivity index (χ1n) is 10.5. The Kier molecular flexibility index (Phi) is 5.64. The van der Waals surface area contributed by atoms with Gasteiger partial charge in [-0.1, -0.05) is 66.7 Å². The number of aromatic nitrogens is 1. The number of hydrogen-bond donors (Lipinski definition) is 2. The molecule has 6 heteroatoms. The first kappa shape index (κ1) is 20.7. The second kappa shape index (κ2) is 8.73.